The fourth-order valence-electron chi connectivity index (χ4n) is 5.19. The maximum absolute atomic E-state index is 13.1. The lowest BCUT2D eigenvalue weighted by atomic mass is 10.1. The zero-order chi connectivity index (χ0) is 29.5. The number of carbonyl (C=O) groups excluding carboxylic acids is 2. The van der Waals surface area contributed by atoms with Crippen molar-refractivity contribution in [1.29, 1.82) is 5.26 Å². The highest BCUT2D eigenvalue weighted by Gasteiger charge is 2.48. The number of pyridine rings is 1. The van der Waals surface area contributed by atoms with Gasteiger partial charge < -0.3 is 16.4 Å². The number of hydrogen-bond acceptors (Lipinski definition) is 9. The summed E-state index contributed by atoms with van der Waals surface area (Å²) < 4.78 is 13.5. The van der Waals surface area contributed by atoms with E-state index in [0.29, 0.717) is 16.9 Å². The van der Waals surface area contributed by atoms with E-state index in [1.807, 2.05) is 36.1 Å². The number of aryl methyl sites for hydroxylation is 1. The molecule has 3 unspecified atom stereocenters. The molecule has 1 saturated carbocycles. The number of nitrogen functional groups attached to an aromatic ring is 1. The van der Waals surface area contributed by atoms with Crippen LogP contribution in [0.2, 0.25) is 5.15 Å². The molecular formula is C27H27ClIN9O3. The molecule has 212 valence electrons. The van der Waals surface area contributed by atoms with Crippen LogP contribution < -0.4 is 11.5 Å². The lowest BCUT2D eigenvalue weighted by Crippen LogP contribution is -2.44. The summed E-state index contributed by atoms with van der Waals surface area (Å²) in [5.41, 5.74) is 12.8. The highest BCUT2D eigenvalue weighted by molar-refractivity contribution is 14.1. The Morgan fingerprint density at radius 3 is 2.56 bits per heavy atom. The Kier molecular flexibility index (Phi) is 9.90. The Bertz CT molecular complexity index is 1590. The van der Waals surface area contributed by atoms with Crippen LogP contribution in [0.4, 0.5) is 5.82 Å². The standard InChI is InChI=1S/C21H19IN6O2.C5H5ClN2.CH3NO/c1-12-17-5-3-13(15-9-24-19(8-23)25-10-15)7-18(17)27(26-12)11-20(29)28-16-4-2-14(6-16)21(28)22-30;6-4-2-1-3-5(7)8-4;2-1-3/h3,5,7,9-10,14,16,21H,2,4,6,11H2,1H3;1-3H,(H2,7,8);1H,(H2,2,3). The van der Waals surface area contributed by atoms with Gasteiger partial charge in [-0.2, -0.15) is 10.4 Å². The summed E-state index contributed by atoms with van der Waals surface area (Å²) in [5.74, 6) is 0.988. The van der Waals surface area contributed by atoms with Crippen LogP contribution >= 0.6 is 32.8 Å². The Balaban J connectivity index is 0.000000298. The summed E-state index contributed by atoms with van der Waals surface area (Å²) >= 11 is 4.21. The Labute approximate surface area is 251 Å². The number of amides is 2. The fourth-order valence-corrected chi connectivity index (χ4v) is 7.44. The third-order valence-corrected chi connectivity index (χ3v) is 9.26. The van der Waals surface area contributed by atoms with E-state index in [9.17, 15) is 7.86 Å². The van der Waals surface area contributed by atoms with Crippen molar-refractivity contribution in [3.8, 4) is 17.2 Å². The zero-order valence-corrected chi connectivity index (χ0v) is 24.9. The second-order valence-corrected chi connectivity index (χ2v) is 11.6. The molecule has 0 radical (unpaired) electrons. The van der Waals surface area contributed by atoms with Crippen LogP contribution in [0, 0.1) is 24.2 Å². The molecule has 1 aliphatic carbocycles. The van der Waals surface area contributed by atoms with Gasteiger partial charge in [-0.25, -0.2) is 15.0 Å². The van der Waals surface area contributed by atoms with E-state index in [1.165, 1.54) is 0 Å². The van der Waals surface area contributed by atoms with Crippen LogP contribution in [0.25, 0.3) is 22.0 Å². The molecule has 1 aromatic carbocycles. The molecule has 4 aromatic rings. The Hall–Kier alpha value is -4.03. The highest BCUT2D eigenvalue weighted by Crippen LogP contribution is 2.46. The number of anilines is 1. The number of nitrogens with zero attached hydrogens (tertiary/aromatic N) is 7. The number of hydrogen-bond donors (Lipinski definition) is 2. The van der Waals surface area contributed by atoms with Gasteiger partial charge in [0.15, 0.2) is 21.2 Å². The lowest BCUT2D eigenvalue weighted by molar-refractivity contribution is -0.134. The van der Waals surface area contributed by atoms with Crippen LogP contribution in [0.5, 0.6) is 0 Å². The molecule has 41 heavy (non-hydrogen) atoms. The number of alkyl halides is 1. The molecule has 4 N–H and O–H groups in total. The number of primary amides is 1. The van der Waals surface area contributed by atoms with Gasteiger partial charge in [-0.15, -0.1) is 0 Å². The van der Waals surface area contributed by atoms with Gasteiger partial charge in [0.05, 0.1) is 11.2 Å². The molecule has 2 bridgehead atoms. The second kappa shape index (κ2) is 13.6. The average Bonchev–Trinajstić information content (AvgIpc) is 3.67. The van der Waals surface area contributed by atoms with Gasteiger partial charge in [-0.05, 0) is 55.9 Å². The molecule has 0 spiro atoms. The quantitative estimate of drug-likeness (QED) is 0.106. The number of halogens is 2. The van der Waals surface area contributed by atoms with Crippen LogP contribution in [0.15, 0.2) is 48.8 Å². The van der Waals surface area contributed by atoms with Crippen molar-refractivity contribution < 1.29 is 12.7 Å². The first kappa shape index (κ1) is 29.9. The predicted octanol–water partition coefficient (Wildman–Crippen LogP) is 3.75. The fraction of sp³-hybridized carbons (Fsp3) is 0.296. The van der Waals surface area contributed by atoms with Gasteiger partial charge in [-0.1, -0.05) is 29.8 Å². The van der Waals surface area contributed by atoms with E-state index in [1.54, 1.807) is 35.3 Å². The van der Waals surface area contributed by atoms with Crippen LogP contribution in [-0.4, -0.2) is 52.0 Å². The molecule has 6 rings (SSSR count). The summed E-state index contributed by atoms with van der Waals surface area (Å²) in [4.78, 5) is 35.4. The minimum absolute atomic E-state index is 0.000686. The largest absolute Gasteiger partial charge is 0.384 e. The number of benzene rings is 1. The number of likely N-dealkylation sites (tertiary alicyclic amines) is 1. The molecule has 1 saturated heterocycles. The molecule has 2 amide bonds. The van der Waals surface area contributed by atoms with Crippen molar-refractivity contribution in [2.45, 2.75) is 42.8 Å². The zero-order valence-electron chi connectivity index (χ0n) is 22.0. The number of nitriles is 1. The first-order valence-corrected chi connectivity index (χ1v) is 15.1. The minimum atomic E-state index is -1.24. The number of carbonyl (C=O) groups is 2. The lowest BCUT2D eigenvalue weighted by Gasteiger charge is -2.31. The number of fused-ring (bicyclic) bond motifs is 3. The summed E-state index contributed by atoms with van der Waals surface area (Å²) in [7, 11) is 0. The third-order valence-electron chi connectivity index (χ3n) is 6.92. The summed E-state index contributed by atoms with van der Waals surface area (Å²) in [6.07, 6.45) is 6.57. The van der Waals surface area contributed by atoms with E-state index in [-0.39, 0.29) is 34.8 Å². The van der Waals surface area contributed by atoms with Crippen molar-refractivity contribution in [1.82, 2.24) is 29.6 Å². The highest BCUT2D eigenvalue weighted by atomic mass is 127. The SMILES string of the molecule is Cc1nn(CC(=O)N2C3CCC(C3)C2I=O)c2cc(-c3cnc(C#N)nc3)ccc12.NC=O.Nc1cccc(Cl)n1. The van der Waals surface area contributed by atoms with Gasteiger partial charge in [0.25, 0.3) is 0 Å². The van der Waals surface area contributed by atoms with Crippen molar-refractivity contribution in [3.63, 3.8) is 0 Å². The average molecular weight is 688 g/mol. The van der Waals surface area contributed by atoms with E-state index in [2.05, 4.69) is 25.8 Å². The van der Waals surface area contributed by atoms with E-state index >= 15 is 0 Å². The van der Waals surface area contributed by atoms with Crippen molar-refractivity contribution >= 4 is 61.8 Å². The summed E-state index contributed by atoms with van der Waals surface area (Å²) in [5, 5.41) is 14.9. The number of nitrogens with two attached hydrogens (primary N) is 2. The van der Waals surface area contributed by atoms with Gasteiger partial charge in [-0.3, -0.25) is 17.3 Å². The maximum Gasteiger partial charge on any atom is 0.245 e. The Morgan fingerprint density at radius 2 is 1.95 bits per heavy atom. The van der Waals surface area contributed by atoms with Crippen LogP contribution in [-0.2, 0) is 19.2 Å². The van der Waals surface area contributed by atoms with E-state index in [0.717, 1.165) is 47.0 Å². The van der Waals surface area contributed by atoms with Crippen molar-refractivity contribution in [2.75, 3.05) is 5.73 Å². The topological polar surface area (TPSA) is 187 Å². The van der Waals surface area contributed by atoms with Crippen LogP contribution in [0.1, 0.15) is 30.8 Å². The van der Waals surface area contributed by atoms with Crippen molar-refractivity contribution in [3.05, 3.63) is 65.5 Å². The van der Waals surface area contributed by atoms with Crippen LogP contribution in [0.3, 0.4) is 0 Å². The third kappa shape index (κ3) is 6.83. The molecule has 2 fully saturated rings. The van der Waals surface area contributed by atoms with Gasteiger partial charge in [0, 0.05) is 29.4 Å². The molecule has 14 heteroatoms. The van der Waals surface area contributed by atoms with E-state index < -0.39 is 21.2 Å². The number of aromatic nitrogens is 5. The molecule has 4 heterocycles. The normalized spacial score (nSPS) is 18.6. The number of rotatable bonds is 4. The van der Waals surface area contributed by atoms with Gasteiger partial charge in [0.2, 0.25) is 18.1 Å². The smallest absolute Gasteiger partial charge is 0.245 e. The summed E-state index contributed by atoms with van der Waals surface area (Å²) in [6, 6.07) is 13.2. The second-order valence-electron chi connectivity index (χ2n) is 9.39. The van der Waals surface area contributed by atoms with E-state index in [4.69, 9.17) is 27.4 Å². The molecule has 12 nitrogen and oxygen atoms in total. The molecule has 1 aliphatic heterocycles. The molecule has 2 aliphatic rings. The summed E-state index contributed by atoms with van der Waals surface area (Å²) in [6.45, 7) is 2.07. The number of piperidine rings is 1. The van der Waals surface area contributed by atoms with Crippen molar-refractivity contribution in [2.24, 2.45) is 11.7 Å². The predicted molar refractivity (Wildman–Crippen MR) is 161 cm³/mol. The molecular weight excluding hydrogens is 661 g/mol. The first-order chi connectivity index (χ1) is 19.8. The monoisotopic (exact) mass is 687 g/mol. The molecule has 3 atom stereocenters. The van der Waals surface area contributed by atoms with Gasteiger partial charge >= 0.3 is 0 Å². The maximum atomic E-state index is 13.1. The molecule has 3 aromatic heterocycles. The van der Waals surface area contributed by atoms with Gasteiger partial charge in [0.1, 0.15) is 27.6 Å². The Morgan fingerprint density at radius 1 is 1.22 bits per heavy atom. The first-order valence-electron chi connectivity index (χ1n) is 12.6. The minimum Gasteiger partial charge on any atom is -0.384 e.